The highest BCUT2D eigenvalue weighted by molar-refractivity contribution is 8.00. The third-order valence-corrected chi connectivity index (χ3v) is 7.74. The second-order valence-electron chi connectivity index (χ2n) is 8.92. The number of pyridine rings is 2. The summed E-state index contributed by atoms with van der Waals surface area (Å²) in [6.07, 6.45) is 5.00. The first-order chi connectivity index (χ1) is 17.8. The number of thioether (sulfide) groups is 1. The molecule has 4 heterocycles. The van der Waals surface area contributed by atoms with Crippen LogP contribution in [0.3, 0.4) is 0 Å². The van der Waals surface area contributed by atoms with Crippen LogP contribution in [-0.4, -0.2) is 61.6 Å². The van der Waals surface area contributed by atoms with Crippen molar-refractivity contribution in [1.82, 2.24) is 24.2 Å². The fourth-order valence-electron chi connectivity index (χ4n) is 3.88. The number of aromatic nitrogens is 4. The minimum absolute atomic E-state index is 0.0990. The lowest BCUT2D eigenvalue weighted by molar-refractivity contribution is -0.139. The Morgan fingerprint density at radius 1 is 1.24 bits per heavy atom. The molecule has 0 spiro atoms. The molecular formula is C25H30N6O4S2. The Morgan fingerprint density at radius 3 is 2.73 bits per heavy atom. The SMILES string of the molecule is CCOC(=O)CSc1cnc(Nc2nc(C3(C)CCN(C(C)=O)CC3)ns2)c(Oc2cccnc2C)c1. The molecule has 1 amide bonds. The zero-order valence-corrected chi connectivity index (χ0v) is 22.9. The molecule has 0 unspecified atom stereocenters. The van der Waals surface area contributed by atoms with Gasteiger partial charge in [0.1, 0.15) is 5.75 Å². The van der Waals surface area contributed by atoms with Gasteiger partial charge in [0.15, 0.2) is 17.4 Å². The topological polar surface area (TPSA) is 119 Å². The molecule has 1 fully saturated rings. The fourth-order valence-corrected chi connectivity index (χ4v) is 5.27. The number of anilines is 2. The minimum Gasteiger partial charge on any atom is -0.465 e. The molecule has 0 saturated carbocycles. The van der Waals surface area contributed by atoms with Gasteiger partial charge in [-0.3, -0.25) is 14.6 Å². The summed E-state index contributed by atoms with van der Waals surface area (Å²) in [6.45, 7) is 9.12. The summed E-state index contributed by atoms with van der Waals surface area (Å²) in [5, 5.41) is 3.85. The van der Waals surface area contributed by atoms with Crippen LogP contribution in [0.1, 0.15) is 45.1 Å². The van der Waals surface area contributed by atoms with Gasteiger partial charge in [-0.05, 0) is 44.9 Å². The standard InChI is InChI=1S/C25H30N6O4S2/c1-5-34-21(33)15-36-18-13-20(35-19-7-6-10-26-16(19)2)22(27-14-18)28-24-29-23(30-37-24)25(4)8-11-31(12-9-25)17(3)32/h6-7,10,13-14H,5,8-9,11-12,15H2,1-4H3,(H,27,28,29,30). The molecule has 1 saturated heterocycles. The average Bonchev–Trinajstić information content (AvgIpc) is 3.35. The Balaban J connectivity index is 1.54. The van der Waals surface area contributed by atoms with Gasteiger partial charge in [-0.2, -0.15) is 4.37 Å². The van der Waals surface area contributed by atoms with Gasteiger partial charge in [0, 0.05) is 54.2 Å². The molecule has 10 nitrogen and oxygen atoms in total. The van der Waals surface area contributed by atoms with Crippen LogP contribution in [0, 0.1) is 6.92 Å². The Morgan fingerprint density at radius 2 is 2.03 bits per heavy atom. The number of amides is 1. The normalized spacial score (nSPS) is 14.8. The van der Waals surface area contributed by atoms with Crippen molar-refractivity contribution in [3.63, 3.8) is 0 Å². The molecule has 0 atom stereocenters. The first-order valence-electron chi connectivity index (χ1n) is 12.0. The quantitative estimate of drug-likeness (QED) is 0.300. The van der Waals surface area contributed by atoms with E-state index in [9.17, 15) is 9.59 Å². The van der Waals surface area contributed by atoms with Gasteiger partial charge in [-0.15, -0.1) is 11.8 Å². The maximum atomic E-state index is 11.8. The van der Waals surface area contributed by atoms with E-state index in [2.05, 4.69) is 26.6 Å². The Kier molecular flexibility index (Phi) is 8.59. The summed E-state index contributed by atoms with van der Waals surface area (Å²) in [4.78, 5) is 39.7. The van der Waals surface area contributed by atoms with Crippen LogP contribution in [0.25, 0.3) is 0 Å². The molecule has 3 aromatic rings. The van der Waals surface area contributed by atoms with E-state index in [1.165, 1.54) is 23.3 Å². The summed E-state index contributed by atoms with van der Waals surface area (Å²) in [6, 6.07) is 5.46. The van der Waals surface area contributed by atoms with Crippen molar-refractivity contribution in [2.45, 2.75) is 50.8 Å². The summed E-state index contributed by atoms with van der Waals surface area (Å²) in [5.41, 5.74) is 0.538. The number of hydrogen-bond donors (Lipinski definition) is 1. The number of likely N-dealkylation sites (tertiary alicyclic amines) is 1. The summed E-state index contributed by atoms with van der Waals surface area (Å²) < 4.78 is 15.8. The van der Waals surface area contributed by atoms with Crippen LogP contribution in [-0.2, 0) is 19.7 Å². The van der Waals surface area contributed by atoms with Gasteiger partial charge in [-0.1, -0.05) is 6.92 Å². The molecule has 0 radical (unpaired) electrons. The highest BCUT2D eigenvalue weighted by Crippen LogP contribution is 2.37. The monoisotopic (exact) mass is 542 g/mol. The van der Waals surface area contributed by atoms with E-state index in [1.807, 2.05) is 24.0 Å². The molecule has 1 aliphatic heterocycles. The molecule has 12 heteroatoms. The lowest BCUT2D eigenvalue weighted by Gasteiger charge is -2.37. The number of esters is 1. The van der Waals surface area contributed by atoms with Gasteiger partial charge in [0.2, 0.25) is 11.0 Å². The van der Waals surface area contributed by atoms with Crippen LogP contribution in [0.2, 0.25) is 0 Å². The maximum Gasteiger partial charge on any atom is 0.316 e. The fraction of sp³-hybridized carbons (Fsp3) is 0.440. The van der Waals surface area contributed by atoms with Crippen LogP contribution < -0.4 is 10.1 Å². The van der Waals surface area contributed by atoms with E-state index in [0.29, 0.717) is 42.1 Å². The summed E-state index contributed by atoms with van der Waals surface area (Å²) in [5.74, 6) is 2.29. The Labute approximate surface area is 224 Å². The molecule has 4 rings (SSSR count). The number of piperidine rings is 1. The molecule has 1 N–H and O–H groups in total. The van der Waals surface area contributed by atoms with E-state index in [4.69, 9.17) is 14.5 Å². The molecule has 3 aromatic heterocycles. The average molecular weight is 543 g/mol. The van der Waals surface area contributed by atoms with E-state index in [0.717, 1.165) is 29.3 Å². The van der Waals surface area contributed by atoms with Gasteiger partial charge in [0.25, 0.3) is 0 Å². The number of rotatable bonds is 9. The number of nitrogens with zero attached hydrogens (tertiary/aromatic N) is 5. The highest BCUT2D eigenvalue weighted by Gasteiger charge is 2.36. The first kappa shape index (κ1) is 26.8. The summed E-state index contributed by atoms with van der Waals surface area (Å²) in [7, 11) is 0. The van der Waals surface area contributed by atoms with Gasteiger partial charge in [-0.25, -0.2) is 9.97 Å². The minimum atomic E-state index is -0.288. The van der Waals surface area contributed by atoms with E-state index in [-0.39, 0.29) is 23.0 Å². The maximum absolute atomic E-state index is 11.8. The predicted molar refractivity (Wildman–Crippen MR) is 143 cm³/mol. The van der Waals surface area contributed by atoms with Crippen LogP contribution in [0.5, 0.6) is 11.5 Å². The number of nitrogens with one attached hydrogen (secondary N) is 1. The van der Waals surface area contributed by atoms with Gasteiger partial charge in [0.05, 0.1) is 18.1 Å². The van der Waals surface area contributed by atoms with Crippen LogP contribution >= 0.6 is 23.3 Å². The smallest absolute Gasteiger partial charge is 0.316 e. The van der Waals surface area contributed by atoms with E-state index in [1.54, 1.807) is 32.3 Å². The molecule has 0 aliphatic carbocycles. The molecule has 1 aliphatic rings. The predicted octanol–water partition coefficient (Wildman–Crippen LogP) is 4.73. The zero-order chi connectivity index (χ0) is 26.4. The van der Waals surface area contributed by atoms with Crippen molar-refractivity contribution in [2.24, 2.45) is 0 Å². The zero-order valence-electron chi connectivity index (χ0n) is 21.3. The third-order valence-electron chi connectivity index (χ3n) is 6.17. The molecule has 37 heavy (non-hydrogen) atoms. The second kappa shape index (κ2) is 11.9. The van der Waals surface area contributed by atoms with Crippen molar-refractivity contribution in [2.75, 3.05) is 30.8 Å². The largest absolute Gasteiger partial charge is 0.465 e. The summed E-state index contributed by atoms with van der Waals surface area (Å²) >= 11 is 2.58. The van der Waals surface area contributed by atoms with Gasteiger partial charge >= 0.3 is 5.97 Å². The molecule has 0 aromatic carbocycles. The number of carbonyl (C=O) groups excluding carboxylic acids is 2. The number of carbonyl (C=O) groups is 2. The van der Waals surface area contributed by atoms with E-state index >= 15 is 0 Å². The van der Waals surface area contributed by atoms with Crippen molar-refractivity contribution in [3.05, 3.63) is 42.1 Å². The second-order valence-corrected chi connectivity index (χ2v) is 10.7. The number of hydrogen-bond acceptors (Lipinski definition) is 11. The molecule has 0 bridgehead atoms. The first-order valence-corrected chi connectivity index (χ1v) is 13.8. The van der Waals surface area contributed by atoms with Crippen molar-refractivity contribution >= 4 is 46.1 Å². The number of aryl methyl sites for hydroxylation is 1. The lowest BCUT2D eigenvalue weighted by Crippen LogP contribution is -2.43. The molecular weight excluding hydrogens is 512 g/mol. The van der Waals surface area contributed by atoms with Crippen molar-refractivity contribution in [3.8, 4) is 11.5 Å². The van der Waals surface area contributed by atoms with E-state index < -0.39 is 0 Å². The highest BCUT2D eigenvalue weighted by atomic mass is 32.2. The van der Waals surface area contributed by atoms with Crippen LogP contribution in [0.15, 0.2) is 35.5 Å². The third kappa shape index (κ3) is 6.75. The van der Waals surface area contributed by atoms with Crippen molar-refractivity contribution in [1.29, 1.82) is 0 Å². The van der Waals surface area contributed by atoms with Gasteiger partial charge < -0.3 is 19.7 Å². The van der Waals surface area contributed by atoms with Crippen molar-refractivity contribution < 1.29 is 19.1 Å². The van der Waals surface area contributed by atoms with Crippen LogP contribution in [0.4, 0.5) is 10.9 Å². The molecule has 196 valence electrons. The Hall–Kier alpha value is -3.25. The lowest BCUT2D eigenvalue weighted by atomic mass is 9.79. The Bertz CT molecular complexity index is 1260. The number of ether oxygens (including phenoxy) is 2.